The number of aromatic nitrogens is 3. The van der Waals surface area contributed by atoms with Gasteiger partial charge in [0.15, 0.2) is 0 Å². The summed E-state index contributed by atoms with van der Waals surface area (Å²) >= 11 is -1.09. The average Bonchev–Trinajstić information content (AvgIpc) is 3.35. The van der Waals surface area contributed by atoms with E-state index < -0.39 is 11.4 Å². The number of aromatic amines is 1. The molecule has 1 unspecified atom stereocenters. The lowest BCUT2D eigenvalue weighted by atomic mass is 9.89. The van der Waals surface area contributed by atoms with E-state index in [0.717, 1.165) is 34.3 Å². The van der Waals surface area contributed by atoms with E-state index in [-0.39, 0.29) is 0 Å². The number of nitrogens with one attached hydrogen (secondary N) is 2. The van der Waals surface area contributed by atoms with Gasteiger partial charge >= 0.3 is 0 Å². The molecule has 152 valence electrons. The second kappa shape index (κ2) is 8.88. The van der Waals surface area contributed by atoms with Crippen LogP contribution in [0.25, 0.3) is 11.3 Å². The summed E-state index contributed by atoms with van der Waals surface area (Å²) in [6.07, 6.45) is 11.6. The van der Waals surface area contributed by atoms with Crippen LogP contribution in [-0.2, 0) is 18.4 Å². The number of imidazole rings is 1. The van der Waals surface area contributed by atoms with Crippen molar-refractivity contribution in [3.05, 3.63) is 54.1 Å². The van der Waals surface area contributed by atoms with Crippen LogP contribution in [0.2, 0.25) is 0 Å². The van der Waals surface area contributed by atoms with Crippen LogP contribution in [0, 0.1) is 0 Å². The summed E-state index contributed by atoms with van der Waals surface area (Å²) in [5, 5.41) is 0. The maximum absolute atomic E-state index is 11.4. The van der Waals surface area contributed by atoms with E-state index in [9.17, 15) is 4.55 Å². The molecule has 0 amide bonds. The third-order valence-corrected chi connectivity index (χ3v) is 5.99. The molecule has 29 heavy (non-hydrogen) atoms. The molecule has 4 rings (SSSR count). The van der Waals surface area contributed by atoms with Gasteiger partial charge in [0.25, 0.3) is 0 Å². The predicted molar refractivity (Wildman–Crippen MR) is 120 cm³/mol. The van der Waals surface area contributed by atoms with E-state index in [1.807, 2.05) is 48.8 Å². The summed E-state index contributed by atoms with van der Waals surface area (Å²) in [5.41, 5.74) is 3.80. The number of aliphatic imine (C=N–C) groups is 1. The molecule has 1 aliphatic carbocycles. The molecule has 2 N–H and O–H groups in total. The Kier molecular flexibility index (Phi) is 6.06. The topological polar surface area (TPSA) is 81.1 Å². The Balaban J connectivity index is 1.72. The van der Waals surface area contributed by atoms with Gasteiger partial charge in [-0.1, -0.05) is 31.4 Å². The number of nitrogens with zero attached hydrogens (tertiary/aromatic N) is 3. The van der Waals surface area contributed by atoms with Crippen molar-refractivity contribution in [2.45, 2.75) is 38.0 Å². The molecule has 6 nitrogen and oxygen atoms in total. The lowest BCUT2D eigenvalue weighted by molar-refractivity contribution is 0.421. The molecule has 1 fully saturated rings. The Morgan fingerprint density at radius 1 is 1.21 bits per heavy atom. The van der Waals surface area contributed by atoms with Crippen LogP contribution in [-0.4, -0.2) is 31.6 Å². The predicted octanol–water partition coefficient (Wildman–Crippen LogP) is 4.92. The maximum Gasteiger partial charge on any atom is 0.129 e. The zero-order valence-corrected chi connectivity index (χ0v) is 17.7. The second-order valence-electron chi connectivity index (χ2n) is 7.54. The van der Waals surface area contributed by atoms with Crippen LogP contribution >= 0.6 is 0 Å². The molecule has 2 heterocycles. The minimum absolute atomic E-state index is 0.503. The van der Waals surface area contributed by atoms with E-state index in [0.29, 0.717) is 5.92 Å². The molecule has 3 aromatic rings. The van der Waals surface area contributed by atoms with Crippen LogP contribution in [0.3, 0.4) is 0 Å². The number of anilines is 1. The number of hydrogen-bond donors (Lipinski definition) is 2. The van der Waals surface area contributed by atoms with Gasteiger partial charge in [-0.05, 0) is 37.1 Å². The second-order valence-corrected chi connectivity index (χ2v) is 8.66. The van der Waals surface area contributed by atoms with Gasteiger partial charge in [-0.2, -0.15) is 0 Å². The zero-order chi connectivity index (χ0) is 20.2. The van der Waals surface area contributed by atoms with Crippen LogP contribution in [0.4, 0.5) is 11.5 Å². The van der Waals surface area contributed by atoms with Crippen LogP contribution < -0.4 is 4.72 Å². The van der Waals surface area contributed by atoms with E-state index in [1.165, 1.54) is 32.1 Å². The molecular formula is C22H27N5OS. The minimum Gasteiger partial charge on any atom is -0.593 e. The first-order valence-corrected chi connectivity index (χ1v) is 11.6. The van der Waals surface area contributed by atoms with Gasteiger partial charge in [0.1, 0.15) is 17.9 Å². The Morgan fingerprint density at radius 3 is 2.62 bits per heavy atom. The van der Waals surface area contributed by atoms with Gasteiger partial charge < -0.3 is 14.1 Å². The number of rotatable bonds is 6. The number of H-pyrrole nitrogens is 1. The van der Waals surface area contributed by atoms with E-state index in [2.05, 4.69) is 26.3 Å². The van der Waals surface area contributed by atoms with Gasteiger partial charge in [0.2, 0.25) is 0 Å². The third kappa shape index (κ3) is 4.57. The molecular weight excluding hydrogens is 382 g/mol. The molecule has 1 aromatic carbocycles. The summed E-state index contributed by atoms with van der Waals surface area (Å²) < 4.78 is 16.5. The standard InChI is InChI=1S/C22H27N5OS/c1-27-19(15-24-20-9-6-14-23-20)21(25-22(27)17-7-4-3-5-8-17)16-10-12-18(13-11-16)26-29(2)28/h6,9-15,17,23,26H,3-5,7-8H2,1-2H3. The van der Waals surface area contributed by atoms with E-state index in [4.69, 9.17) is 4.98 Å². The highest BCUT2D eigenvalue weighted by Crippen LogP contribution is 2.35. The molecule has 0 bridgehead atoms. The maximum atomic E-state index is 11.4. The van der Waals surface area contributed by atoms with Crippen LogP contribution in [0.1, 0.15) is 49.5 Å². The van der Waals surface area contributed by atoms with Crippen molar-refractivity contribution in [1.82, 2.24) is 14.5 Å². The largest absolute Gasteiger partial charge is 0.593 e. The molecule has 0 radical (unpaired) electrons. The fourth-order valence-corrected chi connectivity index (χ4v) is 4.48. The summed E-state index contributed by atoms with van der Waals surface area (Å²) in [5.74, 6) is 2.47. The first-order valence-electron chi connectivity index (χ1n) is 10.1. The molecule has 2 aromatic heterocycles. The van der Waals surface area contributed by atoms with Crippen molar-refractivity contribution in [2.24, 2.45) is 12.0 Å². The molecule has 0 spiro atoms. The Morgan fingerprint density at radius 2 is 1.97 bits per heavy atom. The van der Waals surface area contributed by atoms with Crippen molar-refractivity contribution in [3.63, 3.8) is 0 Å². The first-order chi connectivity index (χ1) is 14.1. The zero-order valence-electron chi connectivity index (χ0n) is 16.9. The van der Waals surface area contributed by atoms with Crippen molar-refractivity contribution < 1.29 is 4.55 Å². The lowest BCUT2D eigenvalue weighted by Crippen LogP contribution is -2.11. The van der Waals surface area contributed by atoms with Crippen LogP contribution in [0.5, 0.6) is 0 Å². The number of benzene rings is 1. The SMILES string of the molecule is Cn1c(C2CCCCC2)nc(-c2ccc(N[S+](C)[O-])cc2)c1C=Nc1ccc[nH]1. The van der Waals surface area contributed by atoms with Gasteiger partial charge in [-0.3, -0.25) is 0 Å². The molecule has 1 saturated carbocycles. The van der Waals surface area contributed by atoms with Crippen molar-refractivity contribution in [1.29, 1.82) is 0 Å². The van der Waals surface area contributed by atoms with Crippen molar-refractivity contribution >= 4 is 29.1 Å². The summed E-state index contributed by atoms with van der Waals surface area (Å²) in [6.45, 7) is 0. The smallest absolute Gasteiger partial charge is 0.129 e. The highest BCUT2D eigenvalue weighted by Gasteiger charge is 2.23. The van der Waals surface area contributed by atoms with Gasteiger partial charge in [0, 0.05) is 24.7 Å². The average molecular weight is 410 g/mol. The Hall–Kier alpha value is -2.51. The molecule has 7 heteroatoms. The lowest BCUT2D eigenvalue weighted by Gasteiger charge is -2.21. The first kappa shape index (κ1) is 19.8. The van der Waals surface area contributed by atoms with Gasteiger partial charge in [0.05, 0.1) is 34.7 Å². The van der Waals surface area contributed by atoms with E-state index in [1.54, 1.807) is 6.26 Å². The summed E-state index contributed by atoms with van der Waals surface area (Å²) in [4.78, 5) is 12.8. The summed E-state index contributed by atoms with van der Waals surface area (Å²) in [7, 11) is 2.09. The van der Waals surface area contributed by atoms with Gasteiger partial charge in [-0.15, -0.1) is 0 Å². The summed E-state index contributed by atoms with van der Waals surface area (Å²) in [6, 6.07) is 11.8. The van der Waals surface area contributed by atoms with Crippen LogP contribution in [0.15, 0.2) is 47.6 Å². The number of hydrogen-bond acceptors (Lipinski definition) is 4. The molecule has 1 atom stereocenters. The Labute approximate surface area is 174 Å². The fourth-order valence-electron chi connectivity index (χ4n) is 4.01. The fraction of sp³-hybridized carbons (Fsp3) is 0.364. The normalized spacial score (nSPS) is 16.4. The van der Waals surface area contributed by atoms with Gasteiger partial charge in [-0.25, -0.2) is 14.7 Å². The highest BCUT2D eigenvalue weighted by atomic mass is 32.2. The molecule has 0 aliphatic heterocycles. The monoisotopic (exact) mass is 409 g/mol. The van der Waals surface area contributed by atoms with Crippen molar-refractivity contribution in [2.75, 3.05) is 11.0 Å². The molecule has 1 aliphatic rings. The molecule has 0 saturated heterocycles. The minimum atomic E-state index is -1.09. The Bertz CT molecular complexity index is 954. The quantitative estimate of drug-likeness (QED) is 0.448. The van der Waals surface area contributed by atoms with Crippen molar-refractivity contribution in [3.8, 4) is 11.3 Å². The van der Waals surface area contributed by atoms with E-state index >= 15 is 0 Å². The third-order valence-electron chi connectivity index (χ3n) is 5.47. The highest BCUT2D eigenvalue weighted by molar-refractivity contribution is 7.92.